The molecule has 2 rings (SSSR count). The molecule has 0 atom stereocenters. The molecule has 6 nitrogen and oxygen atoms in total. The van der Waals surface area contributed by atoms with Crippen molar-refractivity contribution in [1.82, 2.24) is 15.5 Å². The van der Waals surface area contributed by atoms with Crippen LogP contribution in [0.4, 0.5) is 5.69 Å². The minimum atomic E-state index is 0.775. The number of nitrogens with one attached hydrogen (secondary N) is 2. The molecule has 24 heavy (non-hydrogen) atoms. The Morgan fingerprint density at radius 1 is 1.25 bits per heavy atom. The van der Waals surface area contributed by atoms with E-state index >= 15 is 0 Å². The standard InChI is InChI=1S/C18H31N5O/c1-15-13-17(22(3)4)6-5-16(15)14-21-18(19-2)20-7-8-23-9-11-24-12-10-23/h5-6,13H,7-12,14H2,1-4H3,(H2,19,20,21). The lowest BCUT2D eigenvalue weighted by molar-refractivity contribution is 0.0389. The Labute approximate surface area is 145 Å². The molecule has 6 heteroatoms. The molecule has 1 aromatic rings. The maximum Gasteiger partial charge on any atom is 0.191 e. The lowest BCUT2D eigenvalue weighted by Crippen LogP contribution is -2.44. The molecule has 1 aliphatic rings. The summed E-state index contributed by atoms with van der Waals surface area (Å²) in [6.45, 7) is 8.55. The third-order valence-corrected chi connectivity index (χ3v) is 4.34. The largest absolute Gasteiger partial charge is 0.379 e. The Morgan fingerprint density at radius 2 is 2.00 bits per heavy atom. The first kappa shape index (κ1) is 18.5. The summed E-state index contributed by atoms with van der Waals surface area (Å²) in [6.07, 6.45) is 0. The number of aryl methyl sites for hydroxylation is 1. The first-order chi connectivity index (χ1) is 11.6. The molecule has 1 aliphatic heterocycles. The monoisotopic (exact) mass is 333 g/mol. The number of ether oxygens (including phenoxy) is 1. The fourth-order valence-corrected chi connectivity index (χ4v) is 2.71. The highest BCUT2D eigenvalue weighted by atomic mass is 16.5. The molecule has 0 saturated carbocycles. The highest BCUT2D eigenvalue weighted by molar-refractivity contribution is 5.79. The zero-order chi connectivity index (χ0) is 17.4. The van der Waals surface area contributed by atoms with E-state index in [2.05, 4.69) is 64.6 Å². The number of rotatable bonds is 6. The van der Waals surface area contributed by atoms with Gasteiger partial charge in [-0.3, -0.25) is 9.89 Å². The van der Waals surface area contributed by atoms with Crippen LogP contribution in [0.1, 0.15) is 11.1 Å². The number of benzene rings is 1. The minimum absolute atomic E-state index is 0.775. The number of morpholine rings is 1. The summed E-state index contributed by atoms with van der Waals surface area (Å²) in [5.74, 6) is 0.847. The summed E-state index contributed by atoms with van der Waals surface area (Å²) >= 11 is 0. The maximum absolute atomic E-state index is 5.37. The third-order valence-electron chi connectivity index (χ3n) is 4.34. The maximum atomic E-state index is 5.37. The van der Waals surface area contributed by atoms with Crippen LogP contribution in [0, 0.1) is 6.92 Å². The predicted molar refractivity (Wildman–Crippen MR) is 101 cm³/mol. The van der Waals surface area contributed by atoms with Crippen LogP contribution in [-0.2, 0) is 11.3 Å². The average molecular weight is 333 g/mol. The SMILES string of the molecule is CN=C(NCCN1CCOCC1)NCc1ccc(N(C)C)cc1C. The first-order valence-corrected chi connectivity index (χ1v) is 8.61. The Bertz CT molecular complexity index is 538. The van der Waals surface area contributed by atoms with Gasteiger partial charge < -0.3 is 20.3 Å². The van der Waals surface area contributed by atoms with Crippen molar-refractivity contribution in [2.75, 3.05) is 65.4 Å². The van der Waals surface area contributed by atoms with E-state index in [0.29, 0.717) is 0 Å². The van der Waals surface area contributed by atoms with E-state index in [1.54, 1.807) is 0 Å². The molecule has 0 radical (unpaired) electrons. The fraction of sp³-hybridized carbons (Fsp3) is 0.611. The first-order valence-electron chi connectivity index (χ1n) is 8.61. The lowest BCUT2D eigenvalue weighted by Gasteiger charge is -2.26. The second-order valence-electron chi connectivity index (χ2n) is 6.31. The Kier molecular flexibility index (Phi) is 7.34. The van der Waals surface area contributed by atoms with E-state index in [9.17, 15) is 0 Å². The quantitative estimate of drug-likeness (QED) is 0.602. The molecule has 0 spiro atoms. The molecule has 1 heterocycles. The summed E-state index contributed by atoms with van der Waals surface area (Å²) in [6, 6.07) is 6.54. The van der Waals surface area contributed by atoms with E-state index < -0.39 is 0 Å². The van der Waals surface area contributed by atoms with Crippen LogP contribution >= 0.6 is 0 Å². The zero-order valence-electron chi connectivity index (χ0n) is 15.4. The van der Waals surface area contributed by atoms with Crippen LogP contribution in [0.15, 0.2) is 23.2 Å². The summed E-state index contributed by atoms with van der Waals surface area (Å²) in [5.41, 5.74) is 3.80. The highest BCUT2D eigenvalue weighted by Crippen LogP contribution is 2.17. The van der Waals surface area contributed by atoms with Crippen LogP contribution in [0.5, 0.6) is 0 Å². The summed E-state index contributed by atoms with van der Waals surface area (Å²) < 4.78 is 5.37. The van der Waals surface area contributed by atoms with Gasteiger partial charge in [0.05, 0.1) is 13.2 Å². The molecule has 0 aliphatic carbocycles. The molecular formula is C18H31N5O. The van der Waals surface area contributed by atoms with Crippen molar-refractivity contribution in [3.05, 3.63) is 29.3 Å². The smallest absolute Gasteiger partial charge is 0.191 e. The van der Waals surface area contributed by atoms with Gasteiger partial charge in [0.2, 0.25) is 0 Å². The number of hydrogen-bond acceptors (Lipinski definition) is 4. The molecule has 134 valence electrons. The number of guanidine groups is 1. The van der Waals surface area contributed by atoms with Crippen LogP contribution in [0.25, 0.3) is 0 Å². The second-order valence-corrected chi connectivity index (χ2v) is 6.31. The van der Waals surface area contributed by atoms with Crippen molar-refractivity contribution >= 4 is 11.6 Å². The number of hydrogen-bond donors (Lipinski definition) is 2. The summed E-state index contributed by atoms with van der Waals surface area (Å²) in [4.78, 5) is 8.84. The van der Waals surface area contributed by atoms with Gasteiger partial charge in [-0.25, -0.2) is 0 Å². The third kappa shape index (κ3) is 5.69. The molecule has 0 bridgehead atoms. The Morgan fingerprint density at radius 3 is 2.62 bits per heavy atom. The summed E-state index contributed by atoms with van der Waals surface area (Å²) in [7, 11) is 5.94. The molecule has 0 amide bonds. The lowest BCUT2D eigenvalue weighted by atomic mass is 10.1. The van der Waals surface area contributed by atoms with Crippen LogP contribution in [0.3, 0.4) is 0 Å². The van der Waals surface area contributed by atoms with Crippen LogP contribution < -0.4 is 15.5 Å². The number of nitrogens with zero attached hydrogens (tertiary/aromatic N) is 3. The Balaban J connectivity index is 1.76. The molecule has 1 aromatic carbocycles. The van der Waals surface area contributed by atoms with E-state index in [0.717, 1.165) is 51.9 Å². The molecule has 0 aromatic heterocycles. The van der Waals surface area contributed by atoms with Gasteiger partial charge in [0.25, 0.3) is 0 Å². The molecule has 2 N–H and O–H groups in total. The van der Waals surface area contributed by atoms with Gasteiger partial charge in [-0.15, -0.1) is 0 Å². The Hall–Kier alpha value is -1.79. The fourth-order valence-electron chi connectivity index (χ4n) is 2.71. The van der Waals surface area contributed by atoms with Gasteiger partial charge in [-0.05, 0) is 30.2 Å². The van der Waals surface area contributed by atoms with Gasteiger partial charge in [0.15, 0.2) is 5.96 Å². The van der Waals surface area contributed by atoms with Crippen molar-refractivity contribution < 1.29 is 4.74 Å². The normalized spacial score (nSPS) is 16.1. The molecular weight excluding hydrogens is 302 g/mol. The van der Waals surface area contributed by atoms with Gasteiger partial charge >= 0.3 is 0 Å². The van der Waals surface area contributed by atoms with Crippen LogP contribution in [0.2, 0.25) is 0 Å². The van der Waals surface area contributed by atoms with Gasteiger partial charge in [-0.2, -0.15) is 0 Å². The second kappa shape index (κ2) is 9.49. The molecule has 1 fully saturated rings. The van der Waals surface area contributed by atoms with Crippen molar-refractivity contribution in [3.63, 3.8) is 0 Å². The predicted octanol–water partition coefficient (Wildman–Crippen LogP) is 1.06. The van der Waals surface area contributed by atoms with Crippen molar-refractivity contribution in [2.45, 2.75) is 13.5 Å². The average Bonchev–Trinajstić information content (AvgIpc) is 2.59. The topological polar surface area (TPSA) is 52.1 Å². The number of aliphatic imine (C=N–C) groups is 1. The van der Waals surface area contributed by atoms with Crippen molar-refractivity contribution in [1.29, 1.82) is 0 Å². The van der Waals surface area contributed by atoms with Crippen molar-refractivity contribution in [2.24, 2.45) is 4.99 Å². The summed E-state index contributed by atoms with van der Waals surface area (Å²) in [5, 5.41) is 6.78. The van der Waals surface area contributed by atoms with E-state index in [-0.39, 0.29) is 0 Å². The van der Waals surface area contributed by atoms with E-state index in [4.69, 9.17) is 4.74 Å². The van der Waals surface area contributed by atoms with Crippen molar-refractivity contribution in [3.8, 4) is 0 Å². The zero-order valence-corrected chi connectivity index (χ0v) is 15.4. The molecule has 1 saturated heterocycles. The van der Waals surface area contributed by atoms with Gasteiger partial charge in [0, 0.05) is 59.6 Å². The minimum Gasteiger partial charge on any atom is -0.379 e. The van der Waals surface area contributed by atoms with Gasteiger partial charge in [0.1, 0.15) is 0 Å². The van der Waals surface area contributed by atoms with Crippen LogP contribution in [-0.4, -0.2) is 71.4 Å². The highest BCUT2D eigenvalue weighted by Gasteiger charge is 2.09. The number of anilines is 1. The van der Waals surface area contributed by atoms with E-state index in [1.165, 1.54) is 16.8 Å². The van der Waals surface area contributed by atoms with Gasteiger partial charge in [-0.1, -0.05) is 6.07 Å². The molecule has 0 unspecified atom stereocenters. The van der Waals surface area contributed by atoms with E-state index in [1.807, 2.05) is 7.05 Å².